The first-order valence-electron chi connectivity index (χ1n) is 8.05. The van der Waals surface area contributed by atoms with Crippen LogP contribution in [0.3, 0.4) is 0 Å². The van der Waals surface area contributed by atoms with Gasteiger partial charge in [0.05, 0.1) is 0 Å². The van der Waals surface area contributed by atoms with Crippen molar-refractivity contribution in [2.24, 2.45) is 0 Å². The number of nitrogens with one attached hydrogen (secondary N) is 1. The van der Waals surface area contributed by atoms with Gasteiger partial charge in [0.1, 0.15) is 11.8 Å². The van der Waals surface area contributed by atoms with Crippen LogP contribution in [0.4, 0.5) is 5.95 Å². The number of halogens is 1. The Morgan fingerprint density at radius 3 is 3.08 bits per heavy atom. The zero-order valence-corrected chi connectivity index (χ0v) is 15.6. The van der Waals surface area contributed by atoms with Crippen LogP contribution in [0, 0.1) is 0 Å². The van der Waals surface area contributed by atoms with Crippen molar-refractivity contribution in [3.8, 4) is 0 Å². The second-order valence-corrected chi connectivity index (χ2v) is 7.69. The molecule has 0 saturated carbocycles. The number of ketones is 1. The molecule has 126 valence electrons. The molecule has 1 unspecified atom stereocenters. The highest BCUT2D eigenvalue weighted by molar-refractivity contribution is 9.10. The highest BCUT2D eigenvalue weighted by atomic mass is 79.9. The van der Waals surface area contributed by atoms with Gasteiger partial charge in [-0.05, 0) is 47.3 Å². The average molecular weight is 409 g/mol. The van der Waals surface area contributed by atoms with E-state index in [1.165, 1.54) is 0 Å². The number of nitrogens with zero attached hydrogens (tertiary/aromatic N) is 3. The third-order valence-corrected chi connectivity index (χ3v) is 5.62. The molecular weight excluding hydrogens is 392 g/mol. The van der Waals surface area contributed by atoms with E-state index in [9.17, 15) is 4.79 Å². The van der Waals surface area contributed by atoms with Crippen LogP contribution in [0.5, 0.6) is 0 Å². The van der Waals surface area contributed by atoms with Crippen molar-refractivity contribution < 1.29 is 9.21 Å². The smallest absolute Gasteiger partial charge is 0.227 e. The molecule has 0 aromatic carbocycles. The molecule has 1 aliphatic carbocycles. The summed E-state index contributed by atoms with van der Waals surface area (Å²) >= 11 is 4.97. The number of aromatic nitrogens is 3. The van der Waals surface area contributed by atoms with Gasteiger partial charge in [-0.2, -0.15) is 4.98 Å². The molecule has 2 aliphatic rings. The fourth-order valence-electron chi connectivity index (χ4n) is 3.13. The maximum atomic E-state index is 12.6. The lowest BCUT2D eigenvalue weighted by atomic mass is 9.88. The normalized spacial score (nSPS) is 19.9. The van der Waals surface area contributed by atoms with Gasteiger partial charge in [0.15, 0.2) is 10.5 Å². The van der Waals surface area contributed by atoms with E-state index in [0.717, 1.165) is 41.4 Å². The molecule has 24 heavy (non-hydrogen) atoms. The van der Waals surface area contributed by atoms with Gasteiger partial charge in [-0.1, -0.05) is 18.7 Å². The van der Waals surface area contributed by atoms with Crippen molar-refractivity contribution in [2.45, 2.75) is 43.8 Å². The maximum Gasteiger partial charge on any atom is 0.227 e. The Morgan fingerprint density at radius 1 is 1.46 bits per heavy atom. The van der Waals surface area contributed by atoms with Crippen LogP contribution in [0.15, 0.2) is 37.6 Å². The number of anilines is 1. The highest BCUT2D eigenvalue weighted by Crippen LogP contribution is 2.41. The van der Waals surface area contributed by atoms with Gasteiger partial charge in [0, 0.05) is 23.4 Å². The van der Waals surface area contributed by atoms with E-state index in [2.05, 4.69) is 38.3 Å². The quantitative estimate of drug-likeness (QED) is 0.765. The fraction of sp³-hybridized carbons (Fsp3) is 0.438. The average Bonchev–Trinajstić information content (AvgIpc) is 3.17. The Morgan fingerprint density at radius 2 is 2.33 bits per heavy atom. The van der Waals surface area contributed by atoms with Gasteiger partial charge in [0.2, 0.25) is 11.1 Å². The van der Waals surface area contributed by atoms with E-state index in [1.54, 1.807) is 16.4 Å². The number of rotatable bonds is 4. The second-order valence-electron chi connectivity index (χ2n) is 5.85. The van der Waals surface area contributed by atoms with Crippen LogP contribution < -0.4 is 5.32 Å². The molecule has 0 fully saturated rings. The molecule has 8 heteroatoms. The SMILES string of the molecule is CCCSc1nc2n(n1)C(c1ccc(Br)o1)C1=C(CCCC1=O)N2. The van der Waals surface area contributed by atoms with Crippen LogP contribution >= 0.6 is 27.7 Å². The third-order valence-electron chi connectivity index (χ3n) is 4.15. The minimum absolute atomic E-state index is 0.158. The van der Waals surface area contributed by atoms with Gasteiger partial charge in [-0.3, -0.25) is 4.79 Å². The molecular formula is C16H17BrN4O2S. The summed E-state index contributed by atoms with van der Waals surface area (Å²) in [5.41, 5.74) is 1.71. The highest BCUT2D eigenvalue weighted by Gasteiger charge is 2.38. The lowest BCUT2D eigenvalue weighted by Gasteiger charge is -2.30. The molecule has 0 saturated heterocycles. The Balaban J connectivity index is 1.81. The van der Waals surface area contributed by atoms with Crippen molar-refractivity contribution in [2.75, 3.05) is 11.1 Å². The molecule has 0 amide bonds. The summed E-state index contributed by atoms with van der Waals surface area (Å²) in [7, 11) is 0. The number of allylic oxidation sites excluding steroid dienone is 2. The van der Waals surface area contributed by atoms with Crippen molar-refractivity contribution >= 4 is 39.4 Å². The number of carbonyl (C=O) groups is 1. The molecule has 6 nitrogen and oxygen atoms in total. The van der Waals surface area contributed by atoms with Crippen LogP contribution in [0.25, 0.3) is 0 Å². The van der Waals surface area contributed by atoms with E-state index < -0.39 is 0 Å². The molecule has 2 aromatic heterocycles. The molecule has 3 heterocycles. The van der Waals surface area contributed by atoms with E-state index in [0.29, 0.717) is 22.8 Å². The van der Waals surface area contributed by atoms with E-state index >= 15 is 0 Å². The van der Waals surface area contributed by atoms with Gasteiger partial charge < -0.3 is 9.73 Å². The van der Waals surface area contributed by atoms with E-state index in [-0.39, 0.29) is 11.8 Å². The number of carbonyl (C=O) groups excluding carboxylic acids is 1. The summed E-state index contributed by atoms with van der Waals surface area (Å²) in [5, 5.41) is 8.66. The molecule has 0 radical (unpaired) electrons. The Labute approximate surface area is 152 Å². The number of Topliss-reactive ketones (excluding diaryl/α,β-unsaturated/α-hetero) is 1. The Hall–Kier alpha value is -1.54. The zero-order valence-electron chi connectivity index (χ0n) is 13.2. The summed E-state index contributed by atoms with van der Waals surface area (Å²) in [6.07, 6.45) is 3.35. The number of hydrogen-bond acceptors (Lipinski definition) is 6. The van der Waals surface area contributed by atoms with Crippen molar-refractivity contribution in [1.29, 1.82) is 0 Å². The van der Waals surface area contributed by atoms with Crippen LogP contribution in [-0.2, 0) is 4.79 Å². The minimum Gasteiger partial charge on any atom is -0.452 e. The lowest BCUT2D eigenvalue weighted by Crippen LogP contribution is -2.31. The van der Waals surface area contributed by atoms with Crippen LogP contribution in [0.1, 0.15) is 44.4 Å². The summed E-state index contributed by atoms with van der Waals surface area (Å²) in [4.78, 5) is 17.2. The topological polar surface area (TPSA) is 73.0 Å². The standard InChI is InChI=1S/C16H17BrN4O2S/c1-2-8-24-16-19-15-18-9-4-3-5-10(22)13(9)14(21(15)20-16)11-6-7-12(17)23-11/h6-7,14H,2-5,8H2,1H3,(H,18,19,20). The number of fused-ring (bicyclic) bond motifs is 1. The van der Waals surface area contributed by atoms with Gasteiger partial charge in [-0.25, -0.2) is 4.68 Å². The summed E-state index contributed by atoms with van der Waals surface area (Å²) in [6.45, 7) is 2.13. The summed E-state index contributed by atoms with van der Waals surface area (Å²) < 4.78 is 8.20. The van der Waals surface area contributed by atoms with Gasteiger partial charge in [0.25, 0.3) is 0 Å². The predicted molar refractivity (Wildman–Crippen MR) is 95.1 cm³/mol. The molecule has 1 N–H and O–H groups in total. The fourth-order valence-corrected chi connectivity index (χ4v) is 4.13. The molecule has 1 atom stereocenters. The third kappa shape index (κ3) is 2.71. The Kier molecular flexibility index (Phi) is 4.26. The Bertz CT molecular complexity index is 826. The first-order valence-corrected chi connectivity index (χ1v) is 9.83. The van der Waals surface area contributed by atoms with Crippen molar-refractivity contribution in [3.63, 3.8) is 0 Å². The van der Waals surface area contributed by atoms with Gasteiger partial charge in [-0.15, -0.1) is 5.10 Å². The maximum absolute atomic E-state index is 12.6. The van der Waals surface area contributed by atoms with Crippen molar-refractivity contribution in [3.05, 3.63) is 33.8 Å². The molecule has 4 rings (SSSR count). The van der Waals surface area contributed by atoms with E-state index in [4.69, 9.17) is 4.42 Å². The van der Waals surface area contributed by atoms with Crippen molar-refractivity contribution in [1.82, 2.24) is 14.8 Å². The van der Waals surface area contributed by atoms with Gasteiger partial charge >= 0.3 is 0 Å². The number of hydrogen-bond donors (Lipinski definition) is 1. The molecule has 1 aliphatic heterocycles. The number of furan rings is 1. The molecule has 2 aromatic rings. The first-order chi connectivity index (χ1) is 11.7. The van der Waals surface area contributed by atoms with Crippen LogP contribution in [-0.4, -0.2) is 26.3 Å². The minimum atomic E-state index is -0.348. The predicted octanol–water partition coefficient (Wildman–Crippen LogP) is 4.16. The first kappa shape index (κ1) is 16.0. The number of thioether (sulfide) groups is 1. The lowest BCUT2D eigenvalue weighted by molar-refractivity contribution is -0.116. The monoisotopic (exact) mass is 408 g/mol. The molecule has 0 spiro atoms. The zero-order chi connectivity index (χ0) is 16.7. The summed E-state index contributed by atoms with van der Waals surface area (Å²) in [6, 6.07) is 3.38. The van der Waals surface area contributed by atoms with Crippen LogP contribution in [0.2, 0.25) is 0 Å². The largest absolute Gasteiger partial charge is 0.452 e. The molecule has 0 bridgehead atoms. The second kappa shape index (κ2) is 6.40. The summed E-state index contributed by atoms with van der Waals surface area (Å²) in [5.74, 6) is 2.50. The van der Waals surface area contributed by atoms with E-state index in [1.807, 2.05) is 12.1 Å².